The standard InChI is InChI=1S/C18H36N4.HI/c1-6-19-16(22-15-17(2,3)18(22,4)5)20-11-7-8-12-21-13-9-10-14-21;/h6-15H2,1-5H3,(H,19,20);1H. The molecule has 0 spiro atoms. The molecule has 0 bridgehead atoms. The Morgan fingerprint density at radius 1 is 1.09 bits per heavy atom. The SMILES string of the molecule is CCNC(=NCCCCN1CCCC1)N1CC(C)(C)C1(C)C.I. The number of rotatable bonds is 6. The second-order valence-electron chi connectivity index (χ2n) is 8.02. The molecule has 2 fully saturated rings. The van der Waals surface area contributed by atoms with Gasteiger partial charge < -0.3 is 15.1 Å². The summed E-state index contributed by atoms with van der Waals surface area (Å²) < 4.78 is 0. The lowest BCUT2D eigenvalue weighted by Gasteiger charge is -2.62. The Morgan fingerprint density at radius 2 is 1.74 bits per heavy atom. The van der Waals surface area contributed by atoms with Gasteiger partial charge in [-0.3, -0.25) is 4.99 Å². The van der Waals surface area contributed by atoms with Crippen LogP contribution in [0.4, 0.5) is 0 Å². The highest BCUT2D eigenvalue weighted by molar-refractivity contribution is 14.0. The maximum Gasteiger partial charge on any atom is 0.194 e. The zero-order chi connectivity index (χ0) is 16.2. The van der Waals surface area contributed by atoms with Gasteiger partial charge in [0.1, 0.15) is 0 Å². The molecule has 0 unspecified atom stereocenters. The summed E-state index contributed by atoms with van der Waals surface area (Å²) in [5.41, 5.74) is 0.544. The van der Waals surface area contributed by atoms with Crippen molar-refractivity contribution < 1.29 is 0 Å². The Bertz CT molecular complexity index is 386. The van der Waals surface area contributed by atoms with Gasteiger partial charge in [-0.1, -0.05) is 13.8 Å². The van der Waals surface area contributed by atoms with Crippen LogP contribution in [0.15, 0.2) is 4.99 Å². The number of nitrogens with zero attached hydrogens (tertiary/aromatic N) is 3. The fourth-order valence-electron chi connectivity index (χ4n) is 3.43. The molecule has 23 heavy (non-hydrogen) atoms. The van der Waals surface area contributed by atoms with Crippen LogP contribution in [-0.4, -0.2) is 60.6 Å². The van der Waals surface area contributed by atoms with E-state index in [-0.39, 0.29) is 29.5 Å². The molecule has 1 N–H and O–H groups in total. The van der Waals surface area contributed by atoms with Gasteiger partial charge >= 0.3 is 0 Å². The van der Waals surface area contributed by atoms with E-state index in [9.17, 15) is 0 Å². The van der Waals surface area contributed by atoms with E-state index in [0.29, 0.717) is 5.41 Å². The molecule has 136 valence electrons. The smallest absolute Gasteiger partial charge is 0.194 e. The molecule has 0 atom stereocenters. The minimum absolute atomic E-state index is 0. The van der Waals surface area contributed by atoms with Crippen molar-refractivity contribution in [3.63, 3.8) is 0 Å². The number of nitrogens with one attached hydrogen (secondary N) is 1. The van der Waals surface area contributed by atoms with Crippen LogP contribution in [-0.2, 0) is 0 Å². The highest BCUT2D eigenvalue weighted by atomic mass is 127. The van der Waals surface area contributed by atoms with E-state index >= 15 is 0 Å². The molecule has 2 rings (SSSR count). The third-order valence-electron chi connectivity index (χ3n) is 5.82. The maximum absolute atomic E-state index is 4.87. The van der Waals surface area contributed by atoms with Crippen LogP contribution in [0.1, 0.15) is 60.3 Å². The first kappa shape index (κ1) is 21.0. The number of halogens is 1. The molecule has 0 radical (unpaired) electrons. The van der Waals surface area contributed by atoms with Crippen molar-refractivity contribution in [1.29, 1.82) is 0 Å². The predicted molar refractivity (Wildman–Crippen MR) is 111 cm³/mol. The summed E-state index contributed by atoms with van der Waals surface area (Å²) in [6.45, 7) is 18.4. The molecule has 2 saturated heterocycles. The lowest BCUT2D eigenvalue weighted by Crippen LogP contribution is -2.72. The molecule has 0 aliphatic carbocycles. The van der Waals surface area contributed by atoms with Crippen molar-refractivity contribution >= 4 is 29.9 Å². The molecule has 0 amide bonds. The van der Waals surface area contributed by atoms with E-state index in [2.05, 4.69) is 49.7 Å². The fourth-order valence-corrected chi connectivity index (χ4v) is 3.43. The van der Waals surface area contributed by atoms with Gasteiger partial charge in [-0.2, -0.15) is 0 Å². The Morgan fingerprint density at radius 3 is 2.26 bits per heavy atom. The molecule has 2 heterocycles. The van der Waals surface area contributed by atoms with E-state index in [1.807, 2.05) is 0 Å². The number of aliphatic imine (C=N–C) groups is 1. The van der Waals surface area contributed by atoms with Gasteiger partial charge in [-0.05, 0) is 66.1 Å². The lowest BCUT2D eigenvalue weighted by atomic mass is 9.65. The van der Waals surface area contributed by atoms with Gasteiger partial charge in [-0.15, -0.1) is 24.0 Å². The largest absolute Gasteiger partial charge is 0.356 e. The summed E-state index contributed by atoms with van der Waals surface area (Å²) in [6.07, 6.45) is 5.26. The van der Waals surface area contributed by atoms with E-state index < -0.39 is 0 Å². The first-order chi connectivity index (χ1) is 10.4. The Balaban J connectivity index is 0.00000264. The van der Waals surface area contributed by atoms with Crippen molar-refractivity contribution in [2.75, 3.05) is 39.3 Å². The van der Waals surface area contributed by atoms with Crippen molar-refractivity contribution in [2.45, 2.75) is 65.8 Å². The summed E-state index contributed by atoms with van der Waals surface area (Å²) >= 11 is 0. The van der Waals surface area contributed by atoms with Gasteiger partial charge in [0.25, 0.3) is 0 Å². The molecular formula is C18H37IN4. The van der Waals surface area contributed by atoms with Crippen molar-refractivity contribution in [2.24, 2.45) is 10.4 Å². The molecule has 2 aliphatic rings. The predicted octanol–water partition coefficient (Wildman–Crippen LogP) is 3.57. The molecule has 5 heteroatoms. The monoisotopic (exact) mass is 436 g/mol. The molecule has 0 aromatic rings. The summed E-state index contributed by atoms with van der Waals surface area (Å²) in [7, 11) is 0. The number of guanidine groups is 1. The third kappa shape index (κ3) is 4.97. The van der Waals surface area contributed by atoms with Crippen LogP contribution in [0.5, 0.6) is 0 Å². The summed E-state index contributed by atoms with van der Waals surface area (Å²) in [5.74, 6) is 1.10. The zero-order valence-corrected chi connectivity index (χ0v) is 18.2. The number of hydrogen-bond donors (Lipinski definition) is 1. The second-order valence-corrected chi connectivity index (χ2v) is 8.02. The molecular weight excluding hydrogens is 399 g/mol. The topological polar surface area (TPSA) is 30.9 Å². The number of unbranched alkanes of at least 4 members (excludes halogenated alkanes) is 1. The highest BCUT2D eigenvalue weighted by Crippen LogP contribution is 2.46. The molecule has 4 nitrogen and oxygen atoms in total. The van der Waals surface area contributed by atoms with Crippen LogP contribution in [0, 0.1) is 5.41 Å². The third-order valence-corrected chi connectivity index (χ3v) is 5.82. The van der Waals surface area contributed by atoms with Crippen LogP contribution in [0.2, 0.25) is 0 Å². The van der Waals surface area contributed by atoms with Crippen LogP contribution in [0.3, 0.4) is 0 Å². The number of likely N-dealkylation sites (tertiary alicyclic amines) is 2. The average molecular weight is 436 g/mol. The van der Waals surface area contributed by atoms with Gasteiger partial charge in [0.05, 0.1) is 0 Å². The summed E-state index contributed by atoms with van der Waals surface area (Å²) in [6, 6.07) is 0. The highest BCUT2D eigenvalue weighted by Gasteiger charge is 2.53. The fraction of sp³-hybridized carbons (Fsp3) is 0.944. The minimum Gasteiger partial charge on any atom is -0.356 e. The van der Waals surface area contributed by atoms with E-state index in [1.165, 1.54) is 45.3 Å². The Labute approximate surface area is 160 Å². The van der Waals surface area contributed by atoms with Crippen molar-refractivity contribution in [3.8, 4) is 0 Å². The molecule has 2 aliphatic heterocycles. The quantitative estimate of drug-likeness (QED) is 0.299. The zero-order valence-electron chi connectivity index (χ0n) is 15.8. The van der Waals surface area contributed by atoms with E-state index in [4.69, 9.17) is 4.99 Å². The van der Waals surface area contributed by atoms with Crippen molar-refractivity contribution in [3.05, 3.63) is 0 Å². The van der Waals surface area contributed by atoms with Gasteiger partial charge in [-0.25, -0.2) is 0 Å². The summed E-state index contributed by atoms with van der Waals surface area (Å²) in [4.78, 5) is 9.91. The second kappa shape index (κ2) is 8.88. The van der Waals surface area contributed by atoms with Crippen LogP contribution in [0.25, 0.3) is 0 Å². The van der Waals surface area contributed by atoms with Gasteiger partial charge in [0.2, 0.25) is 0 Å². The molecule has 0 saturated carbocycles. The lowest BCUT2D eigenvalue weighted by molar-refractivity contribution is -0.0667. The van der Waals surface area contributed by atoms with Gasteiger partial charge in [0, 0.05) is 30.6 Å². The molecule has 0 aromatic heterocycles. The Kier molecular flexibility index (Phi) is 8.11. The van der Waals surface area contributed by atoms with E-state index in [0.717, 1.165) is 25.6 Å². The Hall–Kier alpha value is -0.0400. The van der Waals surface area contributed by atoms with Gasteiger partial charge in [0.15, 0.2) is 5.96 Å². The maximum atomic E-state index is 4.87. The number of hydrogen-bond acceptors (Lipinski definition) is 2. The average Bonchev–Trinajstić information content (AvgIpc) is 2.97. The first-order valence-corrected chi connectivity index (χ1v) is 9.17. The summed E-state index contributed by atoms with van der Waals surface area (Å²) in [5, 5.41) is 3.48. The van der Waals surface area contributed by atoms with Crippen LogP contribution < -0.4 is 5.32 Å². The minimum atomic E-state index is 0. The van der Waals surface area contributed by atoms with Crippen molar-refractivity contribution in [1.82, 2.24) is 15.1 Å². The first-order valence-electron chi connectivity index (χ1n) is 9.17. The van der Waals surface area contributed by atoms with E-state index in [1.54, 1.807) is 0 Å². The molecule has 0 aromatic carbocycles. The van der Waals surface area contributed by atoms with Crippen LogP contribution >= 0.6 is 24.0 Å². The normalized spacial score (nSPS) is 23.3.